The lowest BCUT2D eigenvalue weighted by molar-refractivity contribution is -0.143. The number of alkyl halides is 6. The lowest BCUT2D eigenvalue weighted by Crippen LogP contribution is -2.38. The Kier molecular flexibility index (Phi) is 8.65. The van der Waals surface area contributed by atoms with Crippen LogP contribution in [0.5, 0.6) is 0 Å². The molecule has 0 atom stereocenters. The minimum absolute atomic E-state index is 0.0968. The van der Waals surface area contributed by atoms with Crippen LogP contribution in [-0.2, 0) is 36.7 Å². The molecule has 0 bridgehead atoms. The number of aryl methyl sites for hydroxylation is 1. The molecule has 1 aliphatic heterocycles. The van der Waals surface area contributed by atoms with Crippen LogP contribution in [0.25, 0.3) is 10.9 Å². The monoisotopic (exact) mass is 671 g/mol. The summed E-state index contributed by atoms with van der Waals surface area (Å²) in [5, 5.41) is 0.890. The van der Waals surface area contributed by atoms with Crippen LogP contribution < -0.4 is 9.80 Å². The van der Waals surface area contributed by atoms with Crippen LogP contribution in [0.3, 0.4) is 0 Å². The maximum atomic E-state index is 13.9. The van der Waals surface area contributed by atoms with E-state index in [0.29, 0.717) is 50.9 Å². The Hall–Kier alpha value is -4.04. The van der Waals surface area contributed by atoms with Crippen LogP contribution >= 0.6 is 0 Å². The zero-order valence-corrected chi connectivity index (χ0v) is 26.4. The molecule has 3 aliphatic rings. The lowest BCUT2D eigenvalue weighted by atomic mass is 10.0. The number of nitrogens with zero attached hydrogens (tertiary/aromatic N) is 7. The molecule has 48 heavy (non-hydrogen) atoms. The fourth-order valence-corrected chi connectivity index (χ4v) is 6.33. The largest absolute Gasteiger partial charge is 0.416 e. The second-order valence-electron chi connectivity index (χ2n) is 12.8. The maximum Gasteiger partial charge on any atom is 0.416 e. The molecule has 2 aromatic carbocycles. The third-order valence-corrected chi connectivity index (χ3v) is 9.09. The molecule has 0 amide bonds. The number of aromatic nitrogens is 4. The molecule has 254 valence electrons. The van der Waals surface area contributed by atoms with Gasteiger partial charge in [0.1, 0.15) is 6.33 Å². The van der Waals surface area contributed by atoms with Crippen LogP contribution in [0.15, 0.2) is 48.8 Å². The first-order chi connectivity index (χ1) is 22.9. The van der Waals surface area contributed by atoms with Crippen molar-refractivity contribution in [3.63, 3.8) is 0 Å². The molecule has 7 rings (SSSR count). The van der Waals surface area contributed by atoms with Crippen LogP contribution in [-0.4, -0.2) is 63.2 Å². The van der Waals surface area contributed by atoms with Gasteiger partial charge in [0.05, 0.1) is 35.6 Å². The van der Waals surface area contributed by atoms with Crippen molar-refractivity contribution in [2.24, 2.45) is 0 Å². The molecule has 0 unspecified atom stereocenters. The molecule has 2 aliphatic carbocycles. The smallest absolute Gasteiger partial charge is 0.378 e. The number of fused-ring (bicyclic) bond motifs is 1. The van der Waals surface area contributed by atoms with Crippen molar-refractivity contribution >= 4 is 22.8 Å². The highest BCUT2D eigenvalue weighted by Gasteiger charge is 2.40. The van der Waals surface area contributed by atoms with Gasteiger partial charge in [0.25, 0.3) is 0 Å². The zero-order chi connectivity index (χ0) is 33.6. The predicted octanol–water partition coefficient (Wildman–Crippen LogP) is 6.94. The Morgan fingerprint density at radius 1 is 0.812 bits per heavy atom. The van der Waals surface area contributed by atoms with Gasteiger partial charge in [0, 0.05) is 50.2 Å². The first-order valence-electron chi connectivity index (χ1n) is 16.1. The minimum atomic E-state index is -4.97. The topological polar surface area (TPSA) is 70.5 Å². The SMILES string of the molecule is Cc1cccc2cc(CN(Cc3cc(C(F)(F)F)cc(C(F)(F)F)c3)c3ncnc(N4CCOCC4)n3)c(CN(C3CC3)C3CC3)nc12. The van der Waals surface area contributed by atoms with Gasteiger partial charge in [-0.15, -0.1) is 0 Å². The number of morpholine rings is 1. The van der Waals surface area contributed by atoms with E-state index in [1.165, 1.54) is 6.33 Å². The number of rotatable bonds is 10. The van der Waals surface area contributed by atoms with E-state index in [-0.39, 0.29) is 30.7 Å². The molecule has 0 spiro atoms. The van der Waals surface area contributed by atoms with Crippen LogP contribution in [0.2, 0.25) is 0 Å². The summed E-state index contributed by atoms with van der Waals surface area (Å²) in [6, 6.07) is 10.5. The van der Waals surface area contributed by atoms with E-state index >= 15 is 0 Å². The maximum absolute atomic E-state index is 13.9. The first kappa shape index (κ1) is 32.5. The molecule has 0 N–H and O–H groups in total. The molecule has 8 nitrogen and oxygen atoms in total. The van der Waals surface area contributed by atoms with Gasteiger partial charge in [0.2, 0.25) is 11.9 Å². The van der Waals surface area contributed by atoms with Gasteiger partial charge in [-0.2, -0.15) is 31.3 Å². The van der Waals surface area contributed by atoms with Gasteiger partial charge in [0.15, 0.2) is 0 Å². The Balaban J connectivity index is 1.32. The van der Waals surface area contributed by atoms with Gasteiger partial charge in [-0.1, -0.05) is 18.2 Å². The Morgan fingerprint density at radius 3 is 2.10 bits per heavy atom. The number of para-hydroxylation sites is 1. The number of hydrogen-bond acceptors (Lipinski definition) is 8. The average molecular weight is 672 g/mol. The number of pyridine rings is 1. The summed E-state index contributed by atoms with van der Waals surface area (Å²) in [5.41, 5.74) is 0.581. The molecule has 0 radical (unpaired) electrons. The number of halogens is 6. The Bertz CT molecular complexity index is 1740. The summed E-state index contributed by atoms with van der Waals surface area (Å²) in [5.74, 6) is 0.489. The first-order valence-corrected chi connectivity index (χ1v) is 16.1. The second-order valence-corrected chi connectivity index (χ2v) is 12.8. The van der Waals surface area contributed by atoms with Crippen molar-refractivity contribution in [3.05, 3.63) is 82.3 Å². The molecule has 3 fully saturated rings. The highest BCUT2D eigenvalue weighted by molar-refractivity contribution is 5.82. The van der Waals surface area contributed by atoms with Crippen molar-refractivity contribution < 1.29 is 31.1 Å². The van der Waals surface area contributed by atoms with Crippen LogP contribution in [0.1, 0.15) is 59.2 Å². The van der Waals surface area contributed by atoms with E-state index in [1.807, 2.05) is 36.1 Å². The number of hydrogen-bond donors (Lipinski definition) is 0. The third-order valence-electron chi connectivity index (χ3n) is 9.09. The third kappa shape index (κ3) is 7.34. The average Bonchev–Trinajstić information content (AvgIpc) is 3.99. The molecule has 4 aromatic rings. The van der Waals surface area contributed by atoms with Crippen molar-refractivity contribution in [1.82, 2.24) is 24.8 Å². The Morgan fingerprint density at radius 2 is 1.48 bits per heavy atom. The molecule has 2 aromatic heterocycles. The summed E-state index contributed by atoms with van der Waals surface area (Å²) in [6.07, 6.45) is -4.14. The standard InChI is InChI=1S/C34H35F6N7O/c1-21-3-2-4-23-15-24(29(43-30(21)23)19-47(27-5-6-27)28-7-8-28)18-46(32-42-20-41-31(44-32)45-9-11-48-12-10-45)17-22-13-25(33(35,36)37)16-26(14-22)34(38,39)40/h2-4,13-16,20,27-28H,5-12,17-19H2,1H3. The molecule has 2 saturated carbocycles. The normalized spacial score (nSPS) is 17.4. The van der Waals surface area contributed by atoms with Crippen molar-refractivity contribution in [2.45, 2.75) is 76.7 Å². The molecular weight excluding hydrogens is 636 g/mol. The van der Waals surface area contributed by atoms with Gasteiger partial charge >= 0.3 is 12.4 Å². The van der Waals surface area contributed by atoms with E-state index in [9.17, 15) is 26.3 Å². The van der Waals surface area contributed by atoms with Gasteiger partial charge in [-0.25, -0.2) is 9.97 Å². The highest BCUT2D eigenvalue weighted by atomic mass is 19.4. The fourth-order valence-electron chi connectivity index (χ4n) is 6.33. The van der Waals surface area contributed by atoms with Crippen LogP contribution in [0.4, 0.5) is 38.2 Å². The van der Waals surface area contributed by atoms with Crippen molar-refractivity contribution in [1.29, 1.82) is 0 Å². The van der Waals surface area contributed by atoms with E-state index in [1.54, 1.807) is 4.90 Å². The lowest BCUT2D eigenvalue weighted by Gasteiger charge is -2.29. The summed E-state index contributed by atoms with van der Waals surface area (Å²) >= 11 is 0. The summed E-state index contributed by atoms with van der Waals surface area (Å²) in [4.78, 5) is 24.5. The van der Waals surface area contributed by atoms with E-state index in [2.05, 4.69) is 19.9 Å². The van der Waals surface area contributed by atoms with Gasteiger partial charge < -0.3 is 14.5 Å². The number of benzene rings is 2. The number of ether oxygens (including phenoxy) is 1. The van der Waals surface area contributed by atoms with Crippen molar-refractivity contribution in [3.8, 4) is 0 Å². The summed E-state index contributed by atoms with van der Waals surface area (Å²) < 4.78 is 88.6. The summed E-state index contributed by atoms with van der Waals surface area (Å²) in [7, 11) is 0. The second kappa shape index (κ2) is 12.8. The molecular formula is C34H35F6N7O. The molecule has 3 heterocycles. The highest BCUT2D eigenvalue weighted by Crippen LogP contribution is 2.40. The number of anilines is 2. The molecule has 14 heteroatoms. The Labute approximate surface area is 273 Å². The minimum Gasteiger partial charge on any atom is -0.378 e. The fraction of sp³-hybridized carbons (Fsp3) is 0.471. The van der Waals surface area contributed by atoms with Gasteiger partial charge in [-0.05, 0) is 73.6 Å². The van der Waals surface area contributed by atoms with Crippen LogP contribution in [0, 0.1) is 6.92 Å². The van der Waals surface area contributed by atoms with E-state index in [0.717, 1.165) is 65.5 Å². The zero-order valence-electron chi connectivity index (χ0n) is 26.4. The quantitative estimate of drug-likeness (QED) is 0.168. The summed E-state index contributed by atoms with van der Waals surface area (Å²) in [6.45, 7) is 4.37. The predicted molar refractivity (Wildman–Crippen MR) is 167 cm³/mol. The van der Waals surface area contributed by atoms with Crippen molar-refractivity contribution in [2.75, 3.05) is 36.1 Å². The van der Waals surface area contributed by atoms with E-state index < -0.39 is 23.5 Å². The van der Waals surface area contributed by atoms with Gasteiger partial charge in [-0.3, -0.25) is 9.88 Å². The van der Waals surface area contributed by atoms with E-state index in [4.69, 9.17) is 9.72 Å². The molecule has 1 saturated heterocycles.